The Hall–Kier alpha value is -1.51. The molecule has 1 saturated carbocycles. The van der Waals surface area contributed by atoms with E-state index in [9.17, 15) is 19.8 Å². The van der Waals surface area contributed by atoms with E-state index < -0.39 is 35.7 Å². The van der Waals surface area contributed by atoms with Crippen molar-refractivity contribution in [1.29, 1.82) is 0 Å². The first-order chi connectivity index (χ1) is 15.9. The van der Waals surface area contributed by atoms with E-state index in [1.807, 2.05) is 19.2 Å². The summed E-state index contributed by atoms with van der Waals surface area (Å²) in [4.78, 5) is 30.3. The first kappa shape index (κ1) is 28.7. The summed E-state index contributed by atoms with van der Waals surface area (Å²) in [5.74, 6) is -0.786. The van der Waals surface area contributed by atoms with Gasteiger partial charge in [-0.2, -0.15) is 0 Å². The summed E-state index contributed by atoms with van der Waals surface area (Å²) in [7, 11) is 0. The molecule has 1 aliphatic rings. The number of ether oxygens (including phenoxy) is 1. The van der Waals surface area contributed by atoms with Crippen molar-refractivity contribution < 1.29 is 24.5 Å². The summed E-state index contributed by atoms with van der Waals surface area (Å²) in [6.45, 7) is 9.39. The van der Waals surface area contributed by atoms with E-state index in [1.54, 1.807) is 26.3 Å². The maximum absolute atomic E-state index is 13.4. The number of nitrogens with one attached hydrogen (secondary N) is 1. The first-order valence-electron chi connectivity index (χ1n) is 12.7. The molecular formula is C26H44N2O5S. The Morgan fingerprint density at radius 1 is 1.21 bits per heavy atom. The van der Waals surface area contributed by atoms with Gasteiger partial charge in [0.2, 0.25) is 5.91 Å². The maximum atomic E-state index is 13.4. The molecule has 0 spiro atoms. The summed E-state index contributed by atoms with van der Waals surface area (Å²) in [6.07, 6.45) is 5.01. The SMILES string of the molecule is CC(C)C[C@H](O)[C@H](O)C(CC1CCCCC1)NC(=O)[C@@H](CC(=O)OC(C)(C)C)Cc1cscn1. The minimum atomic E-state index is -1.06. The van der Waals surface area contributed by atoms with E-state index in [0.29, 0.717) is 25.2 Å². The zero-order valence-electron chi connectivity index (χ0n) is 21.5. The number of thiazole rings is 1. The molecule has 0 bridgehead atoms. The van der Waals surface area contributed by atoms with Crippen LogP contribution in [0.4, 0.5) is 0 Å². The Bertz CT molecular complexity index is 741. The number of hydrogen-bond acceptors (Lipinski definition) is 7. The summed E-state index contributed by atoms with van der Waals surface area (Å²) < 4.78 is 5.47. The third-order valence-electron chi connectivity index (χ3n) is 6.30. The van der Waals surface area contributed by atoms with Gasteiger partial charge in [0.15, 0.2) is 0 Å². The molecular weight excluding hydrogens is 452 g/mol. The molecule has 0 saturated heterocycles. The minimum Gasteiger partial charge on any atom is -0.460 e. The van der Waals surface area contributed by atoms with Crippen molar-refractivity contribution in [3.8, 4) is 0 Å². The summed E-state index contributed by atoms with van der Waals surface area (Å²) in [6, 6.07) is -0.569. The zero-order valence-corrected chi connectivity index (χ0v) is 22.3. The van der Waals surface area contributed by atoms with Gasteiger partial charge in [0.05, 0.1) is 35.7 Å². The fraction of sp³-hybridized carbons (Fsp3) is 0.808. The first-order valence-corrected chi connectivity index (χ1v) is 13.6. The van der Waals surface area contributed by atoms with Crippen LogP contribution in [0, 0.1) is 17.8 Å². The lowest BCUT2D eigenvalue weighted by molar-refractivity contribution is -0.157. The molecule has 34 heavy (non-hydrogen) atoms. The Balaban J connectivity index is 2.16. The van der Waals surface area contributed by atoms with Crippen molar-refractivity contribution >= 4 is 23.2 Å². The number of aliphatic hydroxyl groups is 2. The van der Waals surface area contributed by atoms with Gasteiger partial charge in [-0.1, -0.05) is 46.0 Å². The highest BCUT2D eigenvalue weighted by molar-refractivity contribution is 7.07. The van der Waals surface area contributed by atoms with E-state index >= 15 is 0 Å². The fourth-order valence-corrected chi connectivity index (χ4v) is 5.26. The van der Waals surface area contributed by atoms with Crippen molar-refractivity contribution in [1.82, 2.24) is 10.3 Å². The molecule has 8 heteroatoms. The molecule has 2 rings (SSSR count). The van der Waals surface area contributed by atoms with Crippen molar-refractivity contribution in [2.45, 2.75) is 116 Å². The predicted molar refractivity (Wildman–Crippen MR) is 134 cm³/mol. The van der Waals surface area contributed by atoms with Gasteiger partial charge >= 0.3 is 5.97 Å². The van der Waals surface area contributed by atoms with Crippen LogP contribution in [0.25, 0.3) is 0 Å². The number of nitrogens with zero attached hydrogens (tertiary/aromatic N) is 1. The molecule has 0 aromatic carbocycles. The van der Waals surface area contributed by atoms with Crippen molar-refractivity contribution in [3.63, 3.8) is 0 Å². The third-order valence-corrected chi connectivity index (χ3v) is 6.94. The average Bonchev–Trinajstić information content (AvgIpc) is 3.24. The highest BCUT2D eigenvalue weighted by Gasteiger charge is 2.34. The topological polar surface area (TPSA) is 109 Å². The lowest BCUT2D eigenvalue weighted by atomic mass is 9.82. The molecule has 194 valence electrons. The molecule has 1 heterocycles. The molecule has 1 aromatic heterocycles. The third kappa shape index (κ3) is 10.4. The number of amides is 1. The van der Waals surface area contributed by atoms with Crippen LogP contribution in [0.2, 0.25) is 0 Å². The second kappa shape index (κ2) is 13.5. The summed E-state index contributed by atoms with van der Waals surface area (Å²) >= 11 is 1.44. The van der Waals surface area contributed by atoms with Crippen LogP contribution in [0.1, 0.15) is 91.7 Å². The van der Waals surface area contributed by atoms with Crippen LogP contribution in [0.15, 0.2) is 10.9 Å². The zero-order chi connectivity index (χ0) is 25.3. The molecule has 4 atom stereocenters. The van der Waals surface area contributed by atoms with Crippen LogP contribution in [-0.4, -0.2) is 50.9 Å². The molecule has 1 aromatic rings. The summed E-state index contributed by atoms with van der Waals surface area (Å²) in [5.41, 5.74) is 1.81. The molecule has 3 N–H and O–H groups in total. The normalized spacial score (nSPS) is 18.8. The van der Waals surface area contributed by atoms with Crippen molar-refractivity contribution in [2.75, 3.05) is 0 Å². The molecule has 1 fully saturated rings. The Labute approximate surface area is 208 Å². The molecule has 7 nitrogen and oxygen atoms in total. The number of carbonyl (C=O) groups is 2. The predicted octanol–water partition coefficient (Wildman–Crippen LogP) is 4.26. The van der Waals surface area contributed by atoms with Crippen LogP contribution in [-0.2, 0) is 20.7 Å². The summed E-state index contributed by atoms with van der Waals surface area (Å²) in [5, 5.41) is 26.5. The number of aliphatic hydroxyl groups excluding tert-OH is 2. The molecule has 1 unspecified atom stereocenters. The van der Waals surface area contributed by atoms with E-state index in [0.717, 1.165) is 31.4 Å². The van der Waals surface area contributed by atoms with Crippen LogP contribution < -0.4 is 5.32 Å². The van der Waals surface area contributed by atoms with Crippen molar-refractivity contribution in [3.05, 3.63) is 16.6 Å². The second-order valence-corrected chi connectivity index (χ2v) is 11.9. The molecule has 1 aliphatic carbocycles. The van der Waals surface area contributed by atoms with Gasteiger partial charge in [0.25, 0.3) is 0 Å². The average molecular weight is 497 g/mol. The number of hydrogen-bond donors (Lipinski definition) is 3. The van der Waals surface area contributed by atoms with Gasteiger partial charge in [0, 0.05) is 11.8 Å². The van der Waals surface area contributed by atoms with Gasteiger partial charge in [-0.05, 0) is 45.4 Å². The van der Waals surface area contributed by atoms with Crippen LogP contribution >= 0.6 is 11.3 Å². The van der Waals surface area contributed by atoms with Crippen LogP contribution in [0.3, 0.4) is 0 Å². The van der Waals surface area contributed by atoms with E-state index in [4.69, 9.17) is 4.74 Å². The van der Waals surface area contributed by atoms with Gasteiger partial charge in [-0.25, -0.2) is 4.98 Å². The second-order valence-electron chi connectivity index (χ2n) is 11.2. The number of carbonyl (C=O) groups excluding carboxylic acids is 2. The highest BCUT2D eigenvalue weighted by atomic mass is 32.1. The highest BCUT2D eigenvalue weighted by Crippen LogP contribution is 2.29. The van der Waals surface area contributed by atoms with Crippen LogP contribution in [0.5, 0.6) is 0 Å². The Kier molecular flexibility index (Phi) is 11.4. The quantitative estimate of drug-likeness (QED) is 0.373. The monoisotopic (exact) mass is 496 g/mol. The Morgan fingerprint density at radius 2 is 1.88 bits per heavy atom. The van der Waals surface area contributed by atoms with Gasteiger partial charge < -0.3 is 20.3 Å². The lowest BCUT2D eigenvalue weighted by Crippen LogP contribution is -2.51. The van der Waals surface area contributed by atoms with Gasteiger partial charge in [0.1, 0.15) is 11.7 Å². The number of rotatable bonds is 12. The van der Waals surface area contributed by atoms with Gasteiger partial charge in [-0.15, -0.1) is 11.3 Å². The molecule has 0 aliphatic heterocycles. The van der Waals surface area contributed by atoms with Crippen molar-refractivity contribution in [2.24, 2.45) is 17.8 Å². The smallest absolute Gasteiger partial charge is 0.307 e. The maximum Gasteiger partial charge on any atom is 0.307 e. The number of aromatic nitrogens is 1. The standard InChI is InChI=1S/C26H44N2O5S/c1-17(2)11-22(29)24(31)21(12-18-9-7-6-8-10-18)28-25(32)19(13-20-15-34-16-27-20)14-23(30)33-26(3,4)5/h15-19,21-22,24,29,31H,6-14H2,1-5H3,(H,28,32)/t19-,21?,22+,24-/m1/s1. The van der Waals surface area contributed by atoms with E-state index in [1.165, 1.54) is 17.8 Å². The molecule has 1 amide bonds. The number of esters is 1. The van der Waals surface area contributed by atoms with E-state index in [2.05, 4.69) is 10.3 Å². The Morgan fingerprint density at radius 3 is 2.44 bits per heavy atom. The lowest BCUT2D eigenvalue weighted by Gasteiger charge is -2.33. The fourth-order valence-electron chi connectivity index (χ4n) is 4.69. The minimum absolute atomic E-state index is 0.0680. The van der Waals surface area contributed by atoms with Gasteiger partial charge in [-0.3, -0.25) is 9.59 Å². The van der Waals surface area contributed by atoms with E-state index in [-0.39, 0.29) is 18.2 Å². The molecule has 0 radical (unpaired) electrons. The largest absolute Gasteiger partial charge is 0.460 e.